The van der Waals surface area contributed by atoms with Crippen molar-refractivity contribution in [2.45, 2.75) is 58.4 Å². The summed E-state index contributed by atoms with van der Waals surface area (Å²) in [5.74, 6) is 0.730. The topological polar surface area (TPSA) is 81.2 Å². The lowest BCUT2D eigenvalue weighted by atomic mass is 9.91. The minimum atomic E-state index is -0.0326. The van der Waals surface area contributed by atoms with Crippen molar-refractivity contribution < 1.29 is 9.32 Å². The molecule has 1 fully saturated rings. The van der Waals surface area contributed by atoms with Crippen LogP contribution in [0.15, 0.2) is 27.5 Å². The number of benzene rings is 1. The highest BCUT2D eigenvalue weighted by molar-refractivity contribution is 5.93. The monoisotopic (exact) mass is 420 g/mol. The molecule has 0 saturated carbocycles. The first-order valence-corrected chi connectivity index (χ1v) is 11.2. The van der Waals surface area contributed by atoms with Crippen LogP contribution in [0.25, 0.3) is 11.0 Å². The van der Waals surface area contributed by atoms with Crippen molar-refractivity contribution in [3.63, 3.8) is 0 Å². The van der Waals surface area contributed by atoms with Crippen LogP contribution in [0.5, 0.6) is 0 Å². The smallest absolute Gasteiger partial charge is 0.257 e. The van der Waals surface area contributed by atoms with Crippen molar-refractivity contribution in [1.82, 2.24) is 19.6 Å². The summed E-state index contributed by atoms with van der Waals surface area (Å²) in [5.41, 5.74) is 4.54. The van der Waals surface area contributed by atoms with E-state index in [4.69, 9.17) is 4.52 Å². The summed E-state index contributed by atoms with van der Waals surface area (Å²) in [4.78, 5) is 31.9. The third-order valence-corrected chi connectivity index (χ3v) is 6.81. The molecule has 2 aliphatic rings. The highest BCUT2D eigenvalue weighted by Gasteiger charge is 2.26. The Bertz CT molecular complexity index is 1200. The Balaban J connectivity index is 1.24. The van der Waals surface area contributed by atoms with Gasteiger partial charge in [0.1, 0.15) is 0 Å². The second-order valence-electron chi connectivity index (χ2n) is 8.92. The summed E-state index contributed by atoms with van der Waals surface area (Å²) in [6.07, 6.45) is 3.94. The molecular formula is C24H28N4O3. The molecule has 0 atom stereocenters. The molecule has 2 aromatic heterocycles. The van der Waals surface area contributed by atoms with E-state index in [2.05, 4.69) is 34.1 Å². The summed E-state index contributed by atoms with van der Waals surface area (Å²) < 4.78 is 7.14. The van der Waals surface area contributed by atoms with Crippen molar-refractivity contribution in [1.29, 1.82) is 0 Å². The van der Waals surface area contributed by atoms with Gasteiger partial charge in [0.2, 0.25) is 0 Å². The van der Waals surface area contributed by atoms with E-state index in [0.29, 0.717) is 36.8 Å². The van der Waals surface area contributed by atoms with Crippen LogP contribution in [0.4, 0.5) is 0 Å². The van der Waals surface area contributed by atoms with Gasteiger partial charge >= 0.3 is 0 Å². The Kier molecular flexibility index (Phi) is 5.22. The molecule has 162 valence electrons. The number of Topliss-reactive ketones (excluding diaryl/α,β-unsaturated/α-hetero) is 1. The minimum Gasteiger partial charge on any atom is -0.356 e. The molecule has 7 heteroatoms. The van der Waals surface area contributed by atoms with Gasteiger partial charge in [-0.3, -0.25) is 14.2 Å². The quantitative estimate of drug-likeness (QED) is 0.643. The van der Waals surface area contributed by atoms with E-state index in [1.54, 1.807) is 4.57 Å². The number of carbonyl (C=O) groups is 1. The van der Waals surface area contributed by atoms with Gasteiger partial charge in [0.15, 0.2) is 17.2 Å². The van der Waals surface area contributed by atoms with Crippen molar-refractivity contribution in [3.8, 4) is 0 Å². The highest BCUT2D eigenvalue weighted by atomic mass is 16.5. The van der Waals surface area contributed by atoms with Crippen LogP contribution in [0.1, 0.15) is 64.7 Å². The summed E-state index contributed by atoms with van der Waals surface area (Å²) in [6.45, 7) is 7.28. The number of aromatic nitrogens is 3. The number of fused-ring (bicyclic) bond motifs is 2. The van der Waals surface area contributed by atoms with Crippen LogP contribution in [0.3, 0.4) is 0 Å². The zero-order valence-electron chi connectivity index (χ0n) is 18.2. The molecule has 4 heterocycles. The minimum absolute atomic E-state index is 0.0180. The number of nitrogens with zero attached hydrogens (tertiary/aromatic N) is 4. The maximum Gasteiger partial charge on any atom is 0.257 e. The zero-order chi connectivity index (χ0) is 21.5. The molecule has 3 aromatic rings. The molecule has 0 amide bonds. The van der Waals surface area contributed by atoms with E-state index >= 15 is 0 Å². The lowest BCUT2D eigenvalue weighted by molar-refractivity contribution is 0.0945. The molecule has 0 N–H and O–H groups in total. The lowest BCUT2D eigenvalue weighted by Gasteiger charge is -2.31. The second kappa shape index (κ2) is 8.04. The predicted molar refractivity (Wildman–Crippen MR) is 118 cm³/mol. The molecule has 1 aromatic carbocycles. The largest absolute Gasteiger partial charge is 0.356 e. The molecule has 0 bridgehead atoms. The Labute approximate surface area is 181 Å². The van der Waals surface area contributed by atoms with E-state index in [0.717, 1.165) is 61.1 Å². The third-order valence-electron chi connectivity index (χ3n) is 6.81. The summed E-state index contributed by atoms with van der Waals surface area (Å²) >= 11 is 0. The second-order valence-corrected chi connectivity index (χ2v) is 8.92. The molecule has 0 radical (unpaired) electrons. The number of ketones is 1. The summed E-state index contributed by atoms with van der Waals surface area (Å²) in [6, 6.07) is 6.27. The predicted octanol–water partition coefficient (Wildman–Crippen LogP) is 3.40. The van der Waals surface area contributed by atoms with Crippen LogP contribution in [-0.2, 0) is 13.0 Å². The van der Waals surface area contributed by atoms with Crippen LogP contribution < -0.4 is 5.56 Å². The first-order valence-electron chi connectivity index (χ1n) is 11.2. The number of aryl methyl sites for hydroxylation is 2. The van der Waals surface area contributed by atoms with E-state index in [1.807, 2.05) is 13.0 Å². The molecule has 0 aliphatic carbocycles. The van der Waals surface area contributed by atoms with E-state index in [-0.39, 0.29) is 11.3 Å². The number of rotatable bonds is 4. The Morgan fingerprint density at radius 1 is 1.13 bits per heavy atom. The Hall–Kier alpha value is -2.80. The van der Waals surface area contributed by atoms with Gasteiger partial charge in [-0.05, 0) is 70.3 Å². The van der Waals surface area contributed by atoms with Gasteiger partial charge in [0, 0.05) is 42.1 Å². The molecule has 2 aliphatic heterocycles. The normalized spacial score (nSPS) is 17.9. The van der Waals surface area contributed by atoms with Crippen LogP contribution in [-0.4, -0.2) is 45.0 Å². The van der Waals surface area contributed by atoms with Crippen molar-refractivity contribution in [2.75, 3.05) is 19.6 Å². The van der Waals surface area contributed by atoms with E-state index < -0.39 is 0 Å². The number of hydrogen-bond donors (Lipinski definition) is 0. The molecular weight excluding hydrogens is 392 g/mol. The Morgan fingerprint density at radius 3 is 2.74 bits per heavy atom. The standard InChI is InChI=1S/C24H28N4O3/c1-15-5-6-19-21(14-15)31-26-22(19)17-7-11-27(12-8-17)13-9-18-16(2)25-23-20(29)4-3-10-28(23)24(18)30/h5-6,14,17H,3-4,7-13H2,1-2H3. The summed E-state index contributed by atoms with van der Waals surface area (Å²) in [5, 5.41) is 5.50. The van der Waals surface area contributed by atoms with Crippen LogP contribution in [0, 0.1) is 13.8 Å². The number of likely N-dealkylation sites (tertiary alicyclic amines) is 1. The van der Waals surface area contributed by atoms with Gasteiger partial charge in [-0.15, -0.1) is 0 Å². The lowest BCUT2D eigenvalue weighted by Crippen LogP contribution is -2.38. The zero-order valence-corrected chi connectivity index (χ0v) is 18.2. The van der Waals surface area contributed by atoms with E-state index in [9.17, 15) is 9.59 Å². The fourth-order valence-corrected chi connectivity index (χ4v) is 4.98. The maximum absolute atomic E-state index is 12.9. The number of hydrogen-bond acceptors (Lipinski definition) is 6. The van der Waals surface area contributed by atoms with Crippen molar-refractivity contribution in [3.05, 3.63) is 56.9 Å². The fourth-order valence-electron chi connectivity index (χ4n) is 4.98. The van der Waals surface area contributed by atoms with Gasteiger partial charge in [-0.25, -0.2) is 4.98 Å². The van der Waals surface area contributed by atoms with Gasteiger partial charge < -0.3 is 9.42 Å². The molecule has 31 heavy (non-hydrogen) atoms. The Morgan fingerprint density at radius 2 is 1.94 bits per heavy atom. The molecule has 0 unspecified atom stereocenters. The van der Waals surface area contributed by atoms with E-state index in [1.165, 1.54) is 5.56 Å². The third kappa shape index (κ3) is 3.71. The molecule has 1 saturated heterocycles. The maximum atomic E-state index is 12.9. The molecule has 7 nitrogen and oxygen atoms in total. The molecule has 5 rings (SSSR count). The first-order chi connectivity index (χ1) is 15.0. The van der Waals surface area contributed by atoms with Gasteiger partial charge in [0.05, 0.1) is 5.69 Å². The molecule has 0 spiro atoms. The van der Waals surface area contributed by atoms with Crippen molar-refractivity contribution >= 4 is 16.8 Å². The highest BCUT2D eigenvalue weighted by Crippen LogP contribution is 2.32. The fraction of sp³-hybridized carbons (Fsp3) is 0.500. The van der Waals surface area contributed by atoms with Gasteiger partial charge in [-0.2, -0.15) is 0 Å². The van der Waals surface area contributed by atoms with Gasteiger partial charge in [0.25, 0.3) is 5.56 Å². The van der Waals surface area contributed by atoms with Crippen LogP contribution in [0.2, 0.25) is 0 Å². The van der Waals surface area contributed by atoms with Crippen molar-refractivity contribution in [2.24, 2.45) is 0 Å². The van der Waals surface area contributed by atoms with Gasteiger partial charge in [-0.1, -0.05) is 11.2 Å². The average Bonchev–Trinajstić information content (AvgIpc) is 3.18. The SMILES string of the molecule is Cc1ccc2c(C3CCN(CCc4c(C)nc5n(c4=O)CCCC5=O)CC3)noc2c1. The van der Waals surface area contributed by atoms with Crippen LogP contribution >= 0.6 is 0 Å². The number of carbonyl (C=O) groups excluding carboxylic acids is 1. The average molecular weight is 421 g/mol. The number of piperidine rings is 1. The summed E-state index contributed by atoms with van der Waals surface area (Å²) in [7, 11) is 0. The first kappa shape index (κ1) is 20.1.